The van der Waals surface area contributed by atoms with Gasteiger partial charge in [0.05, 0.1) is 19.4 Å². The van der Waals surface area contributed by atoms with Gasteiger partial charge < -0.3 is 14.7 Å². The highest BCUT2D eigenvalue weighted by molar-refractivity contribution is 6.00. The molecule has 0 unspecified atom stereocenters. The zero-order chi connectivity index (χ0) is 15.1. The van der Waals surface area contributed by atoms with E-state index in [0.29, 0.717) is 23.8 Å². The molecule has 4 heteroatoms. The van der Waals surface area contributed by atoms with E-state index in [0.717, 1.165) is 12.0 Å². The van der Waals surface area contributed by atoms with Crippen LogP contribution in [0.15, 0.2) is 53.7 Å². The lowest BCUT2D eigenvalue weighted by Crippen LogP contribution is -2.06. The van der Waals surface area contributed by atoms with Crippen molar-refractivity contribution < 1.29 is 14.7 Å². The number of hydrogen-bond donors (Lipinski definition) is 1. The molecule has 1 N–H and O–H groups in total. The van der Waals surface area contributed by atoms with Crippen molar-refractivity contribution in [2.45, 2.75) is 13.3 Å². The average Bonchev–Trinajstić information content (AvgIpc) is 2.55. The molecule has 0 saturated carbocycles. The fraction of sp³-hybridized carbons (Fsp3) is 0.235. The minimum atomic E-state index is 0.507. The molecule has 4 nitrogen and oxygen atoms in total. The third-order valence-electron chi connectivity index (χ3n) is 3.22. The Bertz CT molecular complexity index is 609. The molecule has 0 heterocycles. The molecule has 0 amide bonds. The first-order valence-corrected chi connectivity index (χ1v) is 6.78. The molecule has 0 spiro atoms. The predicted molar refractivity (Wildman–Crippen MR) is 82.6 cm³/mol. The molecule has 2 aromatic carbocycles. The Morgan fingerprint density at radius 3 is 2.57 bits per heavy atom. The van der Waals surface area contributed by atoms with Crippen molar-refractivity contribution in [2.24, 2.45) is 5.16 Å². The summed E-state index contributed by atoms with van der Waals surface area (Å²) in [4.78, 5) is 0. The molecular weight excluding hydrogens is 266 g/mol. The number of nitrogens with zero attached hydrogens (tertiary/aromatic N) is 1. The number of rotatable bonds is 6. The minimum absolute atomic E-state index is 0.507. The Kier molecular flexibility index (Phi) is 5.21. The zero-order valence-electron chi connectivity index (χ0n) is 12.2. The van der Waals surface area contributed by atoms with E-state index in [1.807, 2.05) is 30.3 Å². The van der Waals surface area contributed by atoms with Gasteiger partial charge in [0.2, 0.25) is 0 Å². The zero-order valence-corrected chi connectivity index (χ0v) is 12.2. The summed E-state index contributed by atoms with van der Waals surface area (Å²) in [6.07, 6.45) is 0.812. The molecule has 0 aliphatic heterocycles. The van der Waals surface area contributed by atoms with Crippen LogP contribution in [0.4, 0.5) is 0 Å². The van der Waals surface area contributed by atoms with Gasteiger partial charge in [-0.3, -0.25) is 0 Å². The van der Waals surface area contributed by atoms with Crippen molar-refractivity contribution in [2.75, 3.05) is 13.7 Å². The first kappa shape index (κ1) is 14.9. The fourth-order valence-corrected chi connectivity index (χ4v) is 2.03. The molecular formula is C17H19NO3. The molecule has 0 aliphatic carbocycles. The van der Waals surface area contributed by atoms with Crippen molar-refractivity contribution in [3.8, 4) is 11.5 Å². The number of oxime groups is 1. The summed E-state index contributed by atoms with van der Waals surface area (Å²) >= 11 is 0. The van der Waals surface area contributed by atoms with Gasteiger partial charge in [-0.2, -0.15) is 0 Å². The number of benzene rings is 2. The minimum Gasteiger partial charge on any atom is -0.497 e. The molecule has 0 bridgehead atoms. The molecule has 0 saturated heterocycles. The van der Waals surface area contributed by atoms with Gasteiger partial charge in [0.15, 0.2) is 0 Å². The number of methoxy groups -OCH3 is 1. The van der Waals surface area contributed by atoms with Gasteiger partial charge in [-0.15, -0.1) is 0 Å². The summed E-state index contributed by atoms with van der Waals surface area (Å²) < 4.78 is 11.0. The lowest BCUT2D eigenvalue weighted by Gasteiger charge is -2.12. The molecule has 21 heavy (non-hydrogen) atoms. The maximum Gasteiger partial charge on any atom is 0.132 e. The quantitative estimate of drug-likeness (QED) is 0.502. The van der Waals surface area contributed by atoms with Crippen LogP contribution < -0.4 is 9.47 Å². The summed E-state index contributed by atoms with van der Waals surface area (Å²) in [5.74, 6) is 1.36. The molecule has 0 aliphatic rings. The smallest absolute Gasteiger partial charge is 0.132 e. The third-order valence-corrected chi connectivity index (χ3v) is 3.22. The summed E-state index contributed by atoms with van der Waals surface area (Å²) in [6, 6.07) is 15.6. The van der Waals surface area contributed by atoms with E-state index >= 15 is 0 Å². The lowest BCUT2D eigenvalue weighted by molar-refractivity contribution is 0.312. The van der Waals surface area contributed by atoms with E-state index < -0.39 is 0 Å². The molecule has 2 aromatic rings. The second-order valence-electron chi connectivity index (χ2n) is 4.63. The van der Waals surface area contributed by atoms with E-state index in [9.17, 15) is 0 Å². The SMILES string of the molecule is COc1ccc(/C(C)=N/O)c(OCCc2ccccc2)c1. The van der Waals surface area contributed by atoms with E-state index in [1.165, 1.54) is 5.56 Å². The molecule has 0 fully saturated rings. The topological polar surface area (TPSA) is 51.0 Å². The van der Waals surface area contributed by atoms with Gasteiger partial charge >= 0.3 is 0 Å². The van der Waals surface area contributed by atoms with Crippen molar-refractivity contribution in [1.82, 2.24) is 0 Å². The average molecular weight is 285 g/mol. The molecule has 0 atom stereocenters. The van der Waals surface area contributed by atoms with Crippen LogP contribution in [0.3, 0.4) is 0 Å². The highest BCUT2D eigenvalue weighted by Gasteiger charge is 2.09. The van der Waals surface area contributed by atoms with E-state index in [2.05, 4.69) is 17.3 Å². The second kappa shape index (κ2) is 7.33. The van der Waals surface area contributed by atoms with Gasteiger partial charge in [0.25, 0.3) is 0 Å². The van der Waals surface area contributed by atoms with Crippen LogP contribution in [0.25, 0.3) is 0 Å². The Labute approximate surface area is 124 Å². The predicted octanol–water partition coefficient (Wildman–Crippen LogP) is 3.51. The van der Waals surface area contributed by atoms with Crippen LogP contribution in [0.1, 0.15) is 18.1 Å². The van der Waals surface area contributed by atoms with Crippen LogP contribution in [0, 0.1) is 0 Å². The summed E-state index contributed by atoms with van der Waals surface area (Å²) in [5, 5.41) is 12.2. The van der Waals surface area contributed by atoms with Crippen LogP contribution in [0.5, 0.6) is 11.5 Å². The monoisotopic (exact) mass is 285 g/mol. The maximum absolute atomic E-state index is 8.94. The van der Waals surface area contributed by atoms with Crippen LogP contribution >= 0.6 is 0 Å². The maximum atomic E-state index is 8.94. The first-order chi connectivity index (χ1) is 10.2. The van der Waals surface area contributed by atoms with E-state index in [1.54, 1.807) is 20.1 Å². The first-order valence-electron chi connectivity index (χ1n) is 6.78. The molecule has 110 valence electrons. The van der Waals surface area contributed by atoms with Crippen molar-refractivity contribution in [1.29, 1.82) is 0 Å². The van der Waals surface area contributed by atoms with Crippen molar-refractivity contribution >= 4 is 5.71 Å². The number of ether oxygens (including phenoxy) is 2. The Morgan fingerprint density at radius 1 is 1.14 bits per heavy atom. The molecule has 0 radical (unpaired) electrons. The molecule has 2 rings (SSSR count). The van der Waals surface area contributed by atoms with Gasteiger partial charge in [0.1, 0.15) is 11.5 Å². The normalized spacial score (nSPS) is 11.2. The summed E-state index contributed by atoms with van der Waals surface area (Å²) in [6.45, 7) is 2.27. The third kappa shape index (κ3) is 3.99. The standard InChI is InChI=1S/C17H19NO3/c1-13(18-19)16-9-8-15(20-2)12-17(16)21-11-10-14-6-4-3-5-7-14/h3-9,12,19H,10-11H2,1-2H3/b18-13+. The van der Waals surface area contributed by atoms with Gasteiger partial charge in [-0.05, 0) is 24.6 Å². The van der Waals surface area contributed by atoms with Crippen LogP contribution in [0.2, 0.25) is 0 Å². The summed E-state index contributed by atoms with van der Waals surface area (Å²) in [5.41, 5.74) is 2.48. The van der Waals surface area contributed by atoms with Crippen LogP contribution in [-0.2, 0) is 6.42 Å². The van der Waals surface area contributed by atoms with Crippen LogP contribution in [-0.4, -0.2) is 24.6 Å². The van der Waals surface area contributed by atoms with Gasteiger partial charge in [-0.1, -0.05) is 35.5 Å². The largest absolute Gasteiger partial charge is 0.497 e. The number of hydrogen-bond acceptors (Lipinski definition) is 4. The lowest BCUT2D eigenvalue weighted by atomic mass is 10.1. The Hall–Kier alpha value is -2.49. The van der Waals surface area contributed by atoms with E-state index in [-0.39, 0.29) is 0 Å². The van der Waals surface area contributed by atoms with Gasteiger partial charge in [-0.25, -0.2) is 0 Å². The van der Waals surface area contributed by atoms with Gasteiger partial charge in [0, 0.05) is 18.1 Å². The van der Waals surface area contributed by atoms with E-state index in [4.69, 9.17) is 14.7 Å². The second-order valence-corrected chi connectivity index (χ2v) is 4.63. The fourth-order valence-electron chi connectivity index (χ4n) is 2.03. The molecule has 0 aromatic heterocycles. The van der Waals surface area contributed by atoms with Crippen molar-refractivity contribution in [3.05, 3.63) is 59.7 Å². The highest BCUT2D eigenvalue weighted by atomic mass is 16.5. The summed E-state index contributed by atoms with van der Waals surface area (Å²) in [7, 11) is 1.61. The highest BCUT2D eigenvalue weighted by Crippen LogP contribution is 2.25. The Balaban J connectivity index is 2.10. The Morgan fingerprint density at radius 2 is 1.90 bits per heavy atom. The van der Waals surface area contributed by atoms with Crippen molar-refractivity contribution in [3.63, 3.8) is 0 Å².